The minimum Gasteiger partial charge on any atom is -0.493 e. The number of esters is 1. The fourth-order valence-corrected chi connectivity index (χ4v) is 5.48. The first-order valence-electron chi connectivity index (χ1n) is 13.3. The fourth-order valence-electron chi connectivity index (χ4n) is 4.43. The number of carbonyl (C=O) groups excluding carboxylic acids is 1. The number of hydrogen-bond acceptors (Lipinski definition) is 9. The summed E-state index contributed by atoms with van der Waals surface area (Å²) in [5.74, 6) is 0.930. The lowest BCUT2D eigenvalue weighted by molar-refractivity contribution is -0.384. The van der Waals surface area contributed by atoms with Crippen LogP contribution in [0, 0.1) is 16.0 Å². The van der Waals surface area contributed by atoms with Gasteiger partial charge in [0, 0.05) is 12.1 Å². The maximum absolute atomic E-state index is 13.9. The smallest absolute Gasteiger partial charge is 0.338 e. The molecule has 1 aromatic heterocycles. The van der Waals surface area contributed by atoms with E-state index in [9.17, 15) is 19.7 Å². The molecule has 11 heteroatoms. The third-order valence-corrected chi connectivity index (χ3v) is 7.40. The van der Waals surface area contributed by atoms with E-state index in [0.29, 0.717) is 50.2 Å². The van der Waals surface area contributed by atoms with E-state index in [1.165, 1.54) is 23.8 Å². The fraction of sp³-hybridized carbons (Fsp3) is 0.367. The highest BCUT2D eigenvalue weighted by Crippen LogP contribution is 2.36. The number of nitro benzene ring substituents is 1. The number of aromatic nitrogens is 1. The maximum atomic E-state index is 13.9. The van der Waals surface area contributed by atoms with Crippen LogP contribution in [0.1, 0.15) is 58.2 Å². The molecule has 2 heterocycles. The Labute approximate surface area is 241 Å². The summed E-state index contributed by atoms with van der Waals surface area (Å²) in [7, 11) is 1.54. The van der Waals surface area contributed by atoms with Crippen molar-refractivity contribution in [3.63, 3.8) is 0 Å². The van der Waals surface area contributed by atoms with E-state index in [0.717, 1.165) is 17.8 Å². The zero-order chi connectivity index (χ0) is 29.8. The Morgan fingerprint density at radius 3 is 2.59 bits per heavy atom. The van der Waals surface area contributed by atoms with Crippen LogP contribution < -0.4 is 24.4 Å². The Morgan fingerprint density at radius 2 is 1.93 bits per heavy atom. The molecule has 1 aliphatic heterocycles. The third-order valence-electron chi connectivity index (χ3n) is 6.42. The molecule has 41 heavy (non-hydrogen) atoms. The van der Waals surface area contributed by atoms with Crippen LogP contribution in [0.15, 0.2) is 63.5 Å². The van der Waals surface area contributed by atoms with Crippen LogP contribution in [0.2, 0.25) is 0 Å². The van der Waals surface area contributed by atoms with Crippen LogP contribution in [0.3, 0.4) is 0 Å². The van der Waals surface area contributed by atoms with Crippen molar-refractivity contribution in [1.82, 2.24) is 4.57 Å². The number of nitro groups is 1. The van der Waals surface area contributed by atoms with Gasteiger partial charge in [0.2, 0.25) is 0 Å². The number of methoxy groups -OCH3 is 1. The number of fused-ring (bicyclic) bond motifs is 1. The van der Waals surface area contributed by atoms with Gasteiger partial charge in [-0.1, -0.05) is 43.4 Å². The van der Waals surface area contributed by atoms with Crippen LogP contribution >= 0.6 is 11.3 Å². The highest BCUT2D eigenvalue weighted by molar-refractivity contribution is 7.07. The molecule has 0 bridgehead atoms. The molecule has 0 aliphatic carbocycles. The molecule has 1 unspecified atom stereocenters. The van der Waals surface area contributed by atoms with E-state index >= 15 is 0 Å². The van der Waals surface area contributed by atoms with Gasteiger partial charge < -0.3 is 14.2 Å². The number of ether oxygens (including phenoxy) is 3. The van der Waals surface area contributed by atoms with E-state index in [1.807, 2.05) is 0 Å². The standard InChI is InChI=1S/C30H33N3O7S/c1-17(2)12-13-39-23-11-10-21(16-24(23)38-6)27-26(29(35)40-18(3)4)19(5)31-30-32(27)28(34)25(41-30)15-20-8-7-9-22(14-20)33(36)37/h7-11,14-18,27H,12-13H2,1-6H3. The van der Waals surface area contributed by atoms with Crippen molar-refractivity contribution in [2.24, 2.45) is 10.9 Å². The second kappa shape index (κ2) is 12.5. The first kappa shape index (κ1) is 29.7. The topological polar surface area (TPSA) is 122 Å². The molecular formula is C30H33N3O7S. The van der Waals surface area contributed by atoms with E-state index in [2.05, 4.69) is 18.8 Å². The van der Waals surface area contributed by atoms with Gasteiger partial charge in [-0.05, 0) is 62.4 Å². The van der Waals surface area contributed by atoms with E-state index in [-0.39, 0.29) is 22.9 Å². The van der Waals surface area contributed by atoms with Crippen molar-refractivity contribution in [1.29, 1.82) is 0 Å². The number of nitrogens with zero attached hydrogens (tertiary/aromatic N) is 3. The molecule has 0 fully saturated rings. The zero-order valence-corrected chi connectivity index (χ0v) is 24.7. The van der Waals surface area contributed by atoms with Crippen LogP contribution in [-0.4, -0.2) is 35.3 Å². The molecule has 0 saturated carbocycles. The van der Waals surface area contributed by atoms with Crippen molar-refractivity contribution >= 4 is 29.1 Å². The average molecular weight is 580 g/mol. The average Bonchev–Trinajstić information content (AvgIpc) is 3.21. The van der Waals surface area contributed by atoms with Gasteiger partial charge >= 0.3 is 5.97 Å². The largest absolute Gasteiger partial charge is 0.493 e. The summed E-state index contributed by atoms with van der Waals surface area (Å²) in [5.41, 5.74) is 1.32. The Hall–Kier alpha value is -4.25. The van der Waals surface area contributed by atoms with Gasteiger partial charge in [0.1, 0.15) is 0 Å². The molecule has 4 rings (SSSR count). The predicted octanol–water partition coefficient (Wildman–Crippen LogP) is 4.53. The number of carbonyl (C=O) groups is 1. The number of hydrogen-bond donors (Lipinski definition) is 0. The lowest BCUT2D eigenvalue weighted by Gasteiger charge is -2.26. The number of benzene rings is 2. The lowest BCUT2D eigenvalue weighted by atomic mass is 9.95. The highest BCUT2D eigenvalue weighted by atomic mass is 32.1. The number of allylic oxidation sites excluding steroid dienone is 1. The number of rotatable bonds is 10. The van der Waals surface area contributed by atoms with Gasteiger partial charge in [-0.2, -0.15) is 0 Å². The number of thiazole rings is 1. The molecule has 10 nitrogen and oxygen atoms in total. The molecule has 0 saturated heterocycles. The van der Waals surface area contributed by atoms with E-state index < -0.39 is 16.9 Å². The van der Waals surface area contributed by atoms with Crippen LogP contribution in [0.25, 0.3) is 6.08 Å². The Morgan fingerprint density at radius 1 is 1.17 bits per heavy atom. The summed E-state index contributed by atoms with van der Waals surface area (Å²) in [5, 5.41) is 11.3. The summed E-state index contributed by atoms with van der Waals surface area (Å²) in [4.78, 5) is 43.0. The van der Waals surface area contributed by atoms with Gasteiger partial charge in [0.05, 0.1) is 46.6 Å². The molecule has 216 valence electrons. The second-order valence-corrected chi connectivity index (χ2v) is 11.3. The Bertz CT molecular complexity index is 1680. The van der Waals surface area contributed by atoms with E-state index in [1.54, 1.807) is 57.2 Å². The predicted molar refractivity (Wildman–Crippen MR) is 156 cm³/mol. The van der Waals surface area contributed by atoms with Crippen molar-refractivity contribution < 1.29 is 23.9 Å². The highest BCUT2D eigenvalue weighted by Gasteiger charge is 2.34. The lowest BCUT2D eigenvalue weighted by Crippen LogP contribution is -2.40. The molecule has 0 radical (unpaired) electrons. The SMILES string of the molecule is COc1cc(C2C(C(=O)OC(C)C)=C(C)N=c3sc(=Cc4cccc([N+](=O)[O-])c4)c(=O)n32)ccc1OCCC(C)C. The molecule has 0 amide bonds. The van der Waals surface area contributed by atoms with Gasteiger partial charge in [-0.15, -0.1) is 0 Å². The Kier molecular flexibility index (Phi) is 9.07. The van der Waals surface area contributed by atoms with Crippen molar-refractivity contribution in [2.75, 3.05) is 13.7 Å². The van der Waals surface area contributed by atoms with Gasteiger partial charge in [0.15, 0.2) is 16.3 Å². The number of non-ortho nitro benzene ring substituents is 1. The third kappa shape index (κ3) is 6.57. The van der Waals surface area contributed by atoms with E-state index in [4.69, 9.17) is 14.2 Å². The minimum atomic E-state index is -0.844. The minimum absolute atomic E-state index is 0.0817. The van der Waals surface area contributed by atoms with Gasteiger partial charge in [0.25, 0.3) is 11.2 Å². The summed E-state index contributed by atoms with van der Waals surface area (Å²) < 4.78 is 18.9. The molecule has 1 aliphatic rings. The van der Waals surface area contributed by atoms with Crippen LogP contribution in [0.5, 0.6) is 11.5 Å². The maximum Gasteiger partial charge on any atom is 0.338 e. The summed E-state index contributed by atoms with van der Waals surface area (Å²) >= 11 is 1.14. The van der Waals surface area contributed by atoms with Crippen molar-refractivity contribution in [3.8, 4) is 11.5 Å². The molecule has 1 atom stereocenters. The summed E-state index contributed by atoms with van der Waals surface area (Å²) in [6, 6.07) is 10.5. The first-order valence-corrected chi connectivity index (χ1v) is 14.1. The van der Waals surface area contributed by atoms with Gasteiger partial charge in [-0.3, -0.25) is 19.5 Å². The van der Waals surface area contributed by atoms with Crippen molar-refractivity contribution in [2.45, 2.75) is 53.2 Å². The zero-order valence-electron chi connectivity index (χ0n) is 23.9. The molecule has 0 N–H and O–H groups in total. The normalized spacial score (nSPS) is 15.1. The molecule has 2 aromatic carbocycles. The van der Waals surface area contributed by atoms with Crippen molar-refractivity contribution in [3.05, 3.63) is 94.7 Å². The quantitative estimate of drug-likeness (QED) is 0.197. The molecule has 0 spiro atoms. The second-order valence-electron chi connectivity index (χ2n) is 10.3. The first-order chi connectivity index (χ1) is 19.5. The molecular weight excluding hydrogens is 546 g/mol. The van der Waals surface area contributed by atoms with Gasteiger partial charge in [-0.25, -0.2) is 9.79 Å². The van der Waals surface area contributed by atoms with Crippen LogP contribution in [0.4, 0.5) is 5.69 Å². The monoisotopic (exact) mass is 579 g/mol. The Balaban J connectivity index is 1.88. The molecule has 3 aromatic rings. The summed E-state index contributed by atoms with van der Waals surface area (Å²) in [6.45, 7) is 9.97. The summed E-state index contributed by atoms with van der Waals surface area (Å²) in [6.07, 6.45) is 2.08. The van der Waals surface area contributed by atoms with Crippen LogP contribution in [-0.2, 0) is 9.53 Å².